The van der Waals surface area contributed by atoms with Crippen molar-refractivity contribution >= 4 is 44.9 Å². The van der Waals surface area contributed by atoms with Gasteiger partial charge >= 0.3 is 0 Å². The van der Waals surface area contributed by atoms with Crippen LogP contribution in [0.15, 0.2) is 57.9 Å². The zero-order valence-electron chi connectivity index (χ0n) is 12.5. The molecule has 2 aromatic carbocycles. The molecule has 116 valence electrons. The zero-order chi connectivity index (χ0) is 16.4. The van der Waals surface area contributed by atoms with Gasteiger partial charge in [-0.25, -0.2) is 0 Å². The largest absolute Gasteiger partial charge is 0.293 e. The molecule has 1 aliphatic rings. The highest BCUT2D eigenvalue weighted by atomic mass is 79.9. The average Bonchev–Trinajstić information content (AvgIpc) is 2.77. The quantitative estimate of drug-likeness (QED) is 0.695. The highest BCUT2D eigenvalue weighted by molar-refractivity contribution is 9.10. The fourth-order valence-electron chi connectivity index (χ4n) is 2.36. The first-order chi connectivity index (χ1) is 11.0. The molecule has 1 aliphatic heterocycles. The van der Waals surface area contributed by atoms with Gasteiger partial charge < -0.3 is 0 Å². The maximum absolute atomic E-state index is 12.5. The molecule has 0 saturated carbocycles. The van der Waals surface area contributed by atoms with Gasteiger partial charge in [0.15, 0.2) is 0 Å². The third kappa shape index (κ3) is 3.57. The number of carbonyl (C=O) groups is 2. The molecular weight excluding hydrogens is 374 g/mol. The molecule has 3 rings (SSSR count). The van der Waals surface area contributed by atoms with E-state index in [-0.39, 0.29) is 11.1 Å². The Labute approximate surface area is 147 Å². The van der Waals surface area contributed by atoms with Gasteiger partial charge in [0, 0.05) is 4.47 Å². The lowest BCUT2D eigenvalue weighted by Gasteiger charge is -2.12. The van der Waals surface area contributed by atoms with Crippen molar-refractivity contribution in [3.63, 3.8) is 0 Å². The van der Waals surface area contributed by atoms with Crippen LogP contribution in [0.25, 0.3) is 6.08 Å². The van der Waals surface area contributed by atoms with E-state index < -0.39 is 0 Å². The fraction of sp³-hybridized carbons (Fsp3) is 0.111. The molecule has 0 atom stereocenters. The first-order valence-electron chi connectivity index (χ1n) is 7.10. The predicted octanol–water partition coefficient (Wildman–Crippen LogP) is 4.99. The monoisotopic (exact) mass is 387 g/mol. The first-order valence-corrected chi connectivity index (χ1v) is 8.71. The number of hydrogen-bond acceptors (Lipinski definition) is 3. The molecule has 5 heteroatoms. The molecule has 1 saturated heterocycles. The van der Waals surface area contributed by atoms with Crippen LogP contribution in [0.2, 0.25) is 0 Å². The van der Waals surface area contributed by atoms with Crippen LogP contribution in [-0.4, -0.2) is 16.0 Å². The van der Waals surface area contributed by atoms with Gasteiger partial charge in [-0.05, 0) is 42.0 Å². The maximum Gasteiger partial charge on any atom is 0.293 e. The summed E-state index contributed by atoms with van der Waals surface area (Å²) in [6.45, 7) is 2.30. The highest BCUT2D eigenvalue weighted by Gasteiger charge is 2.35. The van der Waals surface area contributed by atoms with Crippen LogP contribution < -0.4 is 0 Å². The summed E-state index contributed by atoms with van der Waals surface area (Å²) >= 11 is 4.44. The molecule has 0 unspecified atom stereocenters. The van der Waals surface area contributed by atoms with Crippen LogP contribution in [0.3, 0.4) is 0 Å². The Morgan fingerprint density at radius 3 is 2.65 bits per heavy atom. The second kappa shape index (κ2) is 6.72. The Bertz CT molecular complexity index is 816. The van der Waals surface area contributed by atoms with E-state index in [1.54, 1.807) is 6.08 Å². The van der Waals surface area contributed by atoms with E-state index in [0.29, 0.717) is 11.4 Å². The van der Waals surface area contributed by atoms with Crippen LogP contribution >= 0.6 is 27.7 Å². The zero-order valence-corrected chi connectivity index (χ0v) is 14.9. The third-order valence-corrected chi connectivity index (χ3v) is 5.12. The number of hydrogen-bond donors (Lipinski definition) is 0. The lowest BCUT2D eigenvalue weighted by Crippen LogP contribution is -2.27. The first kappa shape index (κ1) is 16.0. The molecule has 0 spiro atoms. The summed E-state index contributed by atoms with van der Waals surface area (Å²) in [5.74, 6) is -0.239. The molecule has 0 aliphatic carbocycles. The van der Waals surface area contributed by atoms with Crippen LogP contribution in [0.1, 0.15) is 16.7 Å². The van der Waals surface area contributed by atoms with Gasteiger partial charge in [0.2, 0.25) is 0 Å². The van der Waals surface area contributed by atoms with E-state index in [1.165, 1.54) is 4.90 Å². The van der Waals surface area contributed by atoms with Crippen molar-refractivity contribution in [3.05, 3.63) is 74.6 Å². The molecule has 3 nitrogen and oxygen atoms in total. The number of aryl methyl sites for hydroxylation is 1. The Hall–Kier alpha value is -1.85. The molecular formula is C18H14BrNO2S. The third-order valence-electron chi connectivity index (χ3n) is 3.49. The van der Waals surface area contributed by atoms with E-state index in [0.717, 1.165) is 32.9 Å². The second-order valence-corrected chi connectivity index (χ2v) is 7.13. The Balaban J connectivity index is 1.84. The smallest absolute Gasteiger partial charge is 0.268 e. The lowest BCUT2D eigenvalue weighted by atomic mass is 10.1. The number of nitrogens with zero attached hydrogens (tertiary/aromatic N) is 1. The number of thioether (sulfide) groups is 1. The summed E-state index contributed by atoms with van der Waals surface area (Å²) in [5, 5.41) is -0.227. The van der Waals surface area contributed by atoms with Gasteiger partial charge in [-0.15, -0.1) is 0 Å². The summed E-state index contributed by atoms with van der Waals surface area (Å²) < 4.78 is 0.894. The standard InChI is InChI=1S/C18H14BrNO2S/c1-12-5-4-6-13(9-12)11-20-17(21)16(23-18(20)22)10-14-7-2-3-8-15(14)19/h2-10H,11H2,1H3/b16-10-. The summed E-state index contributed by atoms with van der Waals surface area (Å²) in [4.78, 5) is 26.4. The molecule has 0 bridgehead atoms. The normalized spacial score (nSPS) is 16.4. The van der Waals surface area contributed by atoms with Crippen molar-refractivity contribution in [2.75, 3.05) is 0 Å². The van der Waals surface area contributed by atoms with Crippen LogP contribution in [0, 0.1) is 6.92 Å². The molecule has 1 heterocycles. The van der Waals surface area contributed by atoms with Crippen molar-refractivity contribution in [1.29, 1.82) is 0 Å². The molecule has 1 fully saturated rings. The van der Waals surface area contributed by atoms with Gasteiger partial charge in [0.1, 0.15) is 0 Å². The number of carbonyl (C=O) groups excluding carboxylic acids is 2. The number of imide groups is 1. The minimum absolute atomic E-state index is 0.227. The van der Waals surface area contributed by atoms with Crippen molar-refractivity contribution in [1.82, 2.24) is 4.90 Å². The SMILES string of the molecule is Cc1cccc(CN2C(=O)S/C(=C\c3ccccc3Br)C2=O)c1. The van der Waals surface area contributed by atoms with E-state index >= 15 is 0 Å². The summed E-state index contributed by atoms with van der Waals surface area (Å²) in [5.41, 5.74) is 2.95. The van der Waals surface area contributed by atoms with Gasteiger partial charge in [-0.3, -0.25) is 14.5 Å². The van der Waals surface area contributed by atoms with Crippen molar-refractivity contribution in [2.24, 2.45) is 0 Å². The lowest BCUT2D eigenvalue weighted by molar-refractivity contribution is -0.123. The average molecular weight is 388 g/mol. The van der Waals surface area contributed by atoms with Gasteiger partial charge in [-0.1, -0.05) is 64.0 Å². The Kier molecular flexibility index (Phi) is 4.68. The molecule has 2 amide bonds. The number of benzene rings is 2. The van der Waals surface area contributed by atoms with E-state index in [2.05, 4.69) is 15.9 Å². The summed E-state index contributed by atoms with van der Waals surface area (Å²) in [7, 11) is 0. The highest BCUT2D eigenvalue weighted by Crippen LogP contribution is 2.34. The maximum atomic E-state index is 12.5. The van der Waals surface area contributed by atoms with Crippen molar-refractivity contribution < 1.29 is 9.59 Å². The van der Waals surface area contributed by atoms with Crippen molar-refractivity contribution in [2.45, 2.75) is 13.5 Å². The van der Waals surface area contributed by atoms with Crippen molar-refractivity contribution in [3.8, 4) is 0 Å². The van der Waals surface area contributed by atoms with Gasteiger partial charge in [-0.2, -0.15) is 0 Å². The second-order valence-electron chi connectivity index (χ2n) is 5.28. The summed E-state index contributed by atoms with van der Waals surface area (Å²) in [6.07, 6.45) is 1.76. The molecule has 2 aromatic rings. The number of rotatable bonds is 3. The minimum atomic E-state index is -0.239. The van der Waals surface area contributed by atoms with Gasteiger partial charge in [0.05, 0.1) is 11.4 Å². The Morgan fingerprint density at radius 2 is 1.91 bits per heavy atom. The van der Waals surface area contributed by atoms with Crippen LogP contribution in [0.4, 0.5) is 4.79 Å². The van der Waals surface area contributed by atoms with Crippen LogP contribution in [-0.2, 0) is 11.3 Å². The number of halogens is 1. The minimum Gasteiger partial charge on any atom is -0.268 e. The fourth-order valence-corrected chi connectivity index (χ4v) is 3.59. The molecule has 0 N–H and O–H groups in total. The molecule has 0 aromatic heterocycles. The van der Waals surface area contributed by atoms with E-state index in [4.69, 9.17) is 0 Å². The van der Waals surface area contributed by atoms with E-state index in [1.807, 2.05) is 55.5 Å². The number of amides is 2. The topological polar surface area (TPSA) is 37.4 Å². The predicted molar refractivity (Wildman–Crippen MR) is 96.8 cm³/mol. The summed E-state index contributed by atoms with van der Waals surface area (Å²) in [6, 6.07) is 15.4. The molecule has 23 heavy (non-hydrogen) atoms. The van der Waals surface area contributed by atoms with Crippen LogP contribution in [0.5, 0.6) is 0 Å². The van der Waals surface area contributed by atoms with E-state index in [9.17, 15) is 9.59 Å². The molecule has 0 radical (unpaired) electrons. The Morgan fingerprint density at radius 1 is 1.13 bits per heavy atom. The van der Waals surface area contributed by atoms with Gasteiger partial charge in [0.25, 0.3) is 11.1 Å².